The Morgan fingerprint density at radius 1 is 1.22 bits per heavy atom. The van der Waals surface area contributed by atoms with Gasteiger partial charge in [0, 0.05) is 30.5 Å². The molecule has 2 saturated heterocycles. The molecule has 2 fully saturated rings. The van der Waals surface area contributed by atoms with E-state index in [1.807, 2.05) is 24.3 Å². The molecular formula is C21H23N3O3. The molecule has 3 heterocycles. The highest BCUT2D eigenvalue weighted by Gasteiger charge is 2.32. The van der Waals surface area contributed by atoms with E-state index in [2.05, 4.69) is 11.0 Å². The summed E-state index contributed by atoms with van der Waals surface area (Å²) < 4.78 is 5.32. The molecule has 6 nitrogen and oxygen atoms in total. The van der Waals surface area contributed by atoms with E-state index in [9.17, 15) is 9.59 Å². The first-order valence-electron chi connectivity index (χ1n) is 9.56. The van der Waals surface area contributed by atoms with Gasteiger partial charge in [0.25, 0.3) is 0 Å². The number of hydrogen-bond acceptors (Lipinski definition) is 5. The highest BCUT2D eigenvalue weighted by molar-refractivity contribution is 5.99. The van der Waals surface area contributed by atoms with E-state index in [1.54, 1.807) is 11.2 Å². The van der Waals surface area contributed by atoms with Gasteiger partial charge in [0.2, 0.25) is 5.91 Å². The summed E-state index contributed by atoms with van der Waals surface area (Å²) in [7, 11) is 0. The second-order valence-electron chi connectivity index (χ2n) is 7.56. The summed E-state index contributed by atoms with van der Waals surface area (Å²) in [6.07, 6.45) is 4.73. The van der Waals surface area contributed by atoms with Gasteiger partial charge < -0.3 is 9.32 Å². The zero-order chi connectivity index (χ0) is 18.8. The van der Waals surface area contributed by atoms with Crippen molar-refractivity contribution in [1.82, 2.24) is 9.80 Å². The van der Waals surface area contributed by atoms with Crippen molar-refractivity contribution in [1.29, 1.82) is 5.26 Å². The van der Waals surface area contributed by atoms with Gasteiger partial charge in [-0.25, -0.2) is 0 Å². The number of hydrogen-bond donors (Lipinski definition) is 0. The third-order valence-corrected chi connectivity index (χ3v) is 5.70. The summed E-state index contributed by atoms with van der Waals surface area (Å²) in [6.45, 7) is 2.62. The van der Waals surface area contributed by atoms with Crippen LogP contribution in [0.5, 0.6) is 0 Å². The largest absolute Gasteiger partial charge is 0.464 e. The lowest BCUT2D eigenvalue weighted by molar-refractivity contribution is -0.132. The number of Topliss-reactive ketones (excluding diaryl/α,β-unsaturated/α-hetero) is 1. The Bertz CT molecular complexity index is 897. The highest BCUT2D eigenvalue weighted by atomic mass is 16.3. The van der Waals surface area contributed by atoms with Gasteiger partial charge in [0.05, 0.1) is 18.9 Å². The van der Waals surface area contributed by atoms with E-state index in [-0.39, 0.29) is 23.7 Å². The number of fused-ring (bicyclic) bond motifs is 1. The van der Waals surface area contributed by atoms with E-state index in [4.69, 9.17) is 9.68 Å². The third-order valence-electron chi connectivity index (χ3n) is 5.70. The fourth-order valence-corrected chi connectivity index (χ4v) is 4.22. The zero-order valence-corrected chi connectivity index (χ0v) is 15.3. The molecule has 0 N–H and O–H groups in total. The van der Waals surface area contributed by atoms with Crippen LogP contribution in [0.4, 0.5) is 0 Å². The lowest BCUT2D eigenvalue weighted by Gasteiger charge is -2.23. The van der Waals surface area contributed by atoms with Crippen LogP contribution in [0.15, 0.2) is 34.9 Å². The van der Waals surface area contributed by atoms with Crippen LogP contribution < -0.4 is 0 Å². The molecule has 4 rings (SSSR count). The molecule has 2 aliphatic rings. The molecule has 1 aromatic carbocycles. The molecule has 0 saturated carbocycles. The predicted octanol–water partition coefficient (Wildman–Crippen LogP) is 2.84. The summed E-state index contributed by atoms with van der Waals surface area (Å²) in [5.74, 6) is 0.451. The zero-order valence-electron chi connectivity index (χ0n) is 15.3. The predicted molar refractivity (Wildman–Crippen MR) is 100 cm³/mol. The molecule has 0 bridgehead atoms. The Kier molecular flexibility index (Phi) is 4.95. The third kappa shape index (κ3) is 3.74. The van der Waals surface area contributed by atoms with E-state index in [0.717, 1.165) is 43.3 Å². The first-order chi connectivity index (χ1) is 13.1. The van der Waals surface area contributed by atoms with Crippen molar-refractivity contribution >= 4 is 22.7 Å². The summed E-state index contributed by atoms with van der Waals surface area (Å²) in [5, 5.41) is 10.1. The molecule has 0 unspecified atom stereocenters. The fraction of sp³-hybridized carbons (Fsp3) is 0.476. The van der Waals surface area contributed by atoms with Crippen molar-refractivity contribution in [3.05, 3.63) is 36.1 Å². The number of rotatable bonds is 5. The minimum Gasteiger partial charge on any atom is -0.464 e. The monoisotopic (exact) mass is 365 g/mol. The topological polar surface area (TPSA) is 77.5 Å². The Morgan fingerprint density at radius 3 is 2.96 bits per heavy atom. The lowest BCUT2D eigenvalue weighted by atomic mass is 9.97. The molecule has 27 heavy (non-hydrogen) atoms. The number of benzene rings is 1. The van der Waals surface area contributed by atoms with Crippen LogP contribution in [0.3, 0.4) is 0 Å². The highest BCUT2D eigenvalue weighted by Crippen LogP contribution is 2.24. The number of carbonyl (C=O) groups is 2. The Morgan fingerprint density at radius 2 is 2.11 bits per heavy atom. The number of likely N-dealkylation sites (tertiary alicyclic amines) is 2. The summed E-state index contributed by atoms with van der Waals surface area (Å²) in [4.78, 5) is 28.9. The van der Waals surface area contributed by atoms with Crippen LogP contribution in [-0.2, 0) is 4.79 Å². The molecule has 140 valence electrons. The summed E-state index contributed by atoms with van der Waals surface area (Å²) in [6, 6.07) is 9.35. The minimum atomic E-state index is -0.268. The first kappa shape index (κ1) is 17.7. The number of furan rings is 1. The first-order valence-corrected chi connectivity index (χ1v) is 9.56. The number of amides is 1. The van der Waals surface area contributed by atoms with Crippen LogP contribution in [0.2, 0.25) is 0 Å². The average molecular weight is 365 g/mol. The fourth-order valence-electron chi connectivity index (χ4n) is 4.22. The standard InChI is InChI=1S/C21H23N3O3/c22-12-18-2-1-7-24(18)21(26)14-23-8-5-15(13-23)10-19(25)16-3-4-20-17(11-16)6-9-27-20/h3-4,6,9,11,15,18H,1-2,5,7-8,10,13-14H2/t15-,18+/m1/s1. The maximum absolute atomic E-state index is 12.6. The normalized spacial score (nSPS) is 23.0. The maximum Gasteiger partial charge on any atom is 0.237 e. The molecule has 2 aliphatic heterocycles. The van der Waals surface area contributed by atoms with Crippen LogP contribution in [0.1, 0.15) is 36.0 Å². The van der Waals surface area contributed by atoms with Gasteiger partial charge in [-0.2, -0.15) is 5.26 Å². The second-order valence-corrected chi connectivity index (χ2v) is 7.56. The van der Waals surface area contributed by atoms with Crippen molar-refractivity contribution in [2.24, 2.45) is 5.92 Å². The van der Waals surface area contributed by atoms with Gasteiger partial charge in [-0.1, -0.05) is 0 Å². The van der Waals surface area contributed by atoms with Gasteiger partial charge in [0.15, 0.2) is 5.78 Å². The van der Waals surface area contributed by atoms with E-state index in [0.29, 0.717) is 25.1 Å². The lowest BCUT2D eigenvalue weighted by Crippen LogP contribution is -2.41. The van der Waals surface area contributed by atoms with Crippen LogP contribution >= 0.6 is 0 Å². The maximum atomic E-state index is 12.6. The van der Waals surface area contributed by atoms with Gasteiger partial charge in [0.1, 0.15) is 11.6 Å². The second kappa shape index (κ2) is 7.53. The van der Waals surface area contributed by atoms with Gasteiger partial charge in [-0.3, -0.25) is 14.5 Å². The van der Waals surface area contributed by atoms with Gasteiger partial charge in [-0.05, 0) is 56.0 Å². The molecule has 2 atom stereocenters. The molecule has 0 aliphatic carbocycles. The summed E-state index contributed by atoms with van der Waals surface area (Å²) >= 11 is 0. The molecule has 1 amide bonds. The summed E-state index contributed by atoms with van der Waals surface area (Å²) in [5.41, 5.74) is 1.50. The molecular weight excluding hydrogens is 342 g/mol. The smallest absolute Gasteiger partial charge is 0.237 e. The number of carbonyl (C=O) groups excluding carboxylic acids is 2. The molecule has 1 aromatic heterocycles. The quantitative estimate of drug-likeness (QED) is 0.762. The number of nitriles is 1. The van der Waals surface area contributed by atoms with Crippen LogP contribution in [0, 0.1) is 17.2 Å². The van der Waals surface area contributed by atoms with Crippen molar-refractivity contribution in [2.75, 3.05) is 26.2 Å². The van der Waals surface area contributed by atoms with Crippen molar-refractivity contribution < 1.29 is 14.0 Å². The SMILES string of the molecule is N#C[C@@H]1CCCN1C(=O)CN1CC[C@H](CC(=O)c2ccc3occc3c2)C1. The van der Waals surface area contributed by atoms with Crippen LogP contribution in [-0.4, -0.2) is 53.7 Å². The van der Waals surface area contributed by atoms with Gasteiger partial charge >= 0.3 is 0 Å². The van der Waals surface area contributed by atoms with Crippen molar-refractivity contribution in [3.8, 4) is 6.07 Å². The number of ketones is 1. The van der Waals surface area contributed by atoms with E-state index < -0.39 is 0 Å². The Hall–Kier alpha value is -2.65. The van der Waals surface area contributed by atoms with Crippen molar-refractivity contribution in [3.63, 3.8) is 0 Å². The molecule has 0 radical (unpaired) electrons. The molecule has 2 aromatic rings. The average Bonchev–Trinajstić information content (AvgIpc) is 3.41. The molecule has 0 spiro atoms. The van der Waals surface area contributed by atoms with E-state index in [1.165, 1.54) is 0 Å². The van der Waals surface area contributed by atoms with Crippen molar-refractivity contribution in [2.45, 2.75) is 31.7 Å². The molecule has 6 heteroatoms. The Balaban J connectivity index is 1.31. The number of nitrogens with zero attached hydrogens (tertiary/aromatic N) is 3. The Labute approximate surface area is 158 Å². The van der Waals surface area contributed by atoms with Crippen LogP contribution in [0.25, 0.3) is 11.0 Å². The minimum absolute atomic E-state index is 0.0384. The van der Waals surface area contributed by atoms with Gasteiger partial charge in [-0.15, -0.1) is 0 Å². The van der Waals surface area contributed by atoms with E-state index >= 15 is 0 Å².